The summed E-state index contributed by atoms with van der Waals surface area (Å²) in [5.74, 6) is -0.391. The smallest absolute Gasteiger partial charge is 0.341 e. The van der Waals surface area contributed by atoms with Crippen LogP contribution >= 0.6 is 0 Å². The van der Waals surface area contributed by atoms with Gasteiger partial charge in [0, 0.05) is 19.9 Å². The molecule has 2 aromatic heterocycles. The molecule has 4 rings (SSSR count). The molecular formula is C21H24N4O3. The van der Waals surface area contributed by atoms with Crippen LogP contribution in [0.4, 0.5) is 5.69 Å². The lowest BCUT2D eigenvalue weighted by Crippen LogP contribution is -2.25. The molecule has 1 saturated heterocycles. The fourth-order valence-corrected chi connectivity index (χ4v) is 3.82. The lowest BCUT2D eigenvalue weighted by Gasteiger charge is -2.23. The van der Waals surface area contributed by atoms with Crippen LogP contribution < -0.4 is 5.32 Å². The van der Waals surface area contributed by atoms with Crippen LogP contribution in [-0.4, -0.2) is 40.0 Å². The number of anilines is 1. The fraction of sp³-hybridized carbons (Fsp3) is 0.381. The summed E-state index contributed by atoms with van der Waals surface area (Å²) in [6.45, 7) is 4.68. The molecule has 7 heteroatoms. The van der Waals surface area contributed by atoms with E-state index in [1.54, 1.807) is 17.8 Å². The minimum Gasteiger partial charge on any atom is -0.462 e. The normalized spacial score (nSPS) is 19.1. The number of aryl methyl sites for hydroxylation is 2. The zero-order chi connectivity index (χ0) is 19.7. The highest BCUT2D eigenvalue weighted by Crippen LogP contribution is 2.35. The fourth-order valence-electron chi connectivity index (χ4n) is 3.82. The van der Waals surface area contributed by atoms with E-state index < -0.39 is 5.97 Å². The summed E-state index contributed by atoms with van der Waals surface area (Å²) in [5.41, 5.74) is 3.79. The average Bonchev–Trinajstić information content (AvgIpc) is 3.27. The van der Waals surface area contributed by atoms with Gasteiger partial charge >= 0.3 is 5.97 Å². The molecule has 1 aliphatic heterocycles. The van der Waals surface area contributed by atoms with Gasteiger partial charge in [0.25, 0.3) is 0 Å². The number of benzene rings is 1. The van der Waals surface area contributed by atoms with Crippen molar-refractivity contribution in [3.63, 3.8) is 0 Å². The molecule has 0 saturated carbocycles. The summed E-state index contributed by atoms with van der Waals surface area (Å²) in [5, 5.41) is 8.89. The van der Waals surface area contributed by atoms with Crippen LogP contribution in [0.2, 0.25) is 0 Å². The minimum atomic E-state index is -0.391. The average molecular weight is 380 g/mol. The second-order valence-corrected chi connectivity index (χ2v) is 6.92. The van der Waals surface area contributed by atoms with Crippen molar-refractivity contribution < 1.29 is 14.3 Å². The third-order valence-electron chi connectivity index (χ3n) is 5.07. The molecule has 0 radical (unpaired) electrons. The summed E-state index contributed by atoms with van der Waals surface area (Å²) < 4.78 is 13.0. The molecule has 28 heavy (non-hydrogen) atoms. The van der Waals surface area contributed by atoms with Gasteiger partial charge in [-0.2, -0.15) is 5.10 Å². The third kappa shape index (κ3) is 3.22. The van der Waals surface area contributed by atoms with Crippen LogP contribution in [-0.2, 0) is 16.5 Å². The predicted octanol–water partition coefficient (Wildman–Crippen LogP) is 3.40. The highest BCUT2D eigenvalue weighted by atomic mass is 16.5. The summed E-state index contributed by atoms with van der Waals surface area (Å²) >= 11 is 0. The first-order valence-corrected chi connectivity index (χ1v) is 9.52. The van der Waals surface area contributed by atoms with E-state index in [0.29, 0.717) is 24.5 Å². The minimum absolute atomic E-state index is 0.0285. The maximum Gasteiger partial charge on any atom is 0.341 e. The van der Waals surface area contributed by atoms with Crippen LogP contribution in [0.1, 0.15) is 41.1 Å². The van der Waals surface area contributed by atoms with Crippen molar-refractivity contribution in [2.24, 2.45) is 7.05 Å². The van der Waals surface area contributed by atoms with E-state index in [1.165, 1.54) is 0 Å². The van der Waals surface area contributed by atoms with Crippen molar-refractivity contribution in [2.45, 2.75) is 32.4 Å². The number of carbonyl (C=O) groups is 1. The molecule has 1 aliphatic rings. The lowest BCUT2D eigenvalue weighted by atomic mass is 10.0. The van der Waals surface area contributed by atoms with Crippen molar-refractivity contribution in [1.82, 2.24) is 14.8 Å². The van der Waals surface area contributed by atoms with Gasteiger partial charge in [-0.25, -0.2) is 9.78 Å². The van der Waals surface area contributed by atoms with Gasteiger partial charge in [-0.15, -0.1) is 0 Å². The molecule has 0 spiro atoms. The van der Waals surface area contributed by atoms with Gasteiger partial charge in [0.05, 0.1) is 29.4 Å². The Kier molecular flexibility index (Phi) is 5.00. The SMILES string of the molecule is CCOC(=O)c1cnc2c(c(C)nn2C)c1NC1CCOC1c1ccccc1. The second kappa shape index (κ2) is 7.59. The van der Waals surface area contributed by atoms with E-state index in [1.807, 2.05) is 32.2 Å². The molecule has 2 atom stereocenters. The Morgan fingerprint density at radius 1 is 1.36 bits per heavy atom. The van der Waals surface area contributed by atoms with E-state index in [4.69, 9.17) is 9.47 Å². The molecule has 146 valence electrons. The Balaban J connectivity index is 1.78. The first-order valence-electron chi connectivity index (χ1n) is 9.52. The molecule has 3 aromatic rings. The van der Waals surface area contributed by atoms with Crippen molar-refractivity contribution in [2.75, 3.05) is 18.5 Å². The Labute approximate surface area is 163 Å². The molecule has 0 aliphatic carbocycles. The van der Waals surface area contributed by atoms with Crippen molar-refractivity contribution in [1.29, 1.82) is 0 Å². The number of nitrogens with zero attached hydrogens (tertiary/aromatic N) is 3. The molecule has 3 heterocycles. The number of hydrogen-bond donors (Lipinski definition) is 1. The summed E-state index contributed by atoms with van der Waals surface area (Å²) in [4.78, 5) is 17.0. The van der Waals surface area contributed by atoms with Gasteiger partial charge in [-0.3, -0.25) is 4.68 Å². The number of rotatable bonds is 5. The molecule has 0 bridgehead atoms. The van der Waals surface area contributed by atoms with E-state index in [0.717, 1.165) is 28.7 Å². The molecule has 1 aromatic carbocycles. The van der Waals surface area contributed by atoms with Gasteiger partial charge in [0.1, 0.15) is 11.7 Å². The molecular weight excluding hydrogens is 356 g/mol. The predicted molar refractivity (Wildman–Crippen MR) is 106 cm³/mol. The van der Waals surface area contributed by atoms with Crippen LogP contribution in [0.25, 0.3) is 11.0 Å². The first kappa shape index (κ1) is 18.4. The number of nitrogens with one attached hydrogen (secondary N) is 1. The van der Waals surface area contributed by atoms with Gasteiger partial charge in [-0.05, 0) is 25.8 Å². The van der Waals surface area contributed by atoms with Gasteiger partial charge < -0.3 is 14.8 Å². The van der Waals surface area contributed by atoms with Crippen LogP contribution in [0.5, 0.6) is 0 Å². The number of fused-ring (bicyclic) bond motifs is 1. The zero-order valence-electron chi connectivity index (χ0n) is 16.3. The number of pyridine rings is 1. The number of carbonyl (C=O) groups excluding carboxylic acids is 1. The van der Waals surface area contributed by atoms with Crippen molar-refractivity contribution in [3.05, 3.63) is 53.3 Å². The molecule has 7 nitrogen and oxygen atoms in total. The number of aromatic nitrogens is 3. The molecule has 1 fully saturated rings. The first-order chi connectivity index (χ1) is 13.6. The van der Waals surface area contributed by atoms with Gasteiger partial charge in [-0.1, -0.05) is 30.3 Å². The number of esters is 1. The maximum atomic E-state index is 12.6. The van der Waals surface area contributed by atoms with Crippen molar-refractivity contribution in [3.8, 4) is 0 Å². The Bertz CT molecular complexity index is 1000. The highest BCUT2D eigenvalue weighted by molar-refractivity contribution is 6.05. The van der Waals surface area contributed by atoms with Gasteiger partial charge in [0.2, 0.25) is 0 Å². The van der Waals surface area contributed by atoms with Gasteiger partial charge in [0.15, 0.2) is 5.65 Å². The summed E-state index contributed by atoms with van der Waals surface area (Å²) in [7, 11) is 1.85. The standard InChI is InChI=1S/C21H24N4O3/c1-4-27-21(26)15-12-22-20-17(13(2)24-25(20)3)18(15)23-16-10-11-28-19(16)14-8-6-5-7-9-14/h5-9,12,16,19H,4,10-11H2,1-3H3,(H,22,23). The highest BCUT2D eigenvalue weighted by Gasteiger charge is 2.32. The summed E-state index contributed by atoms with van der Waals surface area (Å²) in [6, 6.07) is 10.2. The third-order valence-corrected chi connectivity index (χ3v) is 5.07. The Hall–Kier alpha value is -2.93. The topological polar surface area (TPSA) is 78.3 Å². The van der Waals surface area contributed by atoms with E-state index in [-0.39, 0.29) is 12.1 Å². The largest absolute Gasteiger partial charge is 0.462 e. The van der Waals surface area contributed by atoms with Crippen molar-refractivity contribution >= 4 is 22.7 Å². The molecule has 2 unspecified atom stereocenters. The zero-order valence-corrected chi connectivity index (χ0v) is 16.3. The van der Waals surface area contributed by atoms with Crippen LogP contribution in [0, 0.1) is 6.92 Å². The quantitative estimate of drug-likeness (QED) is 0.684. The van der Waals surface area contributed by atoms with Crippen LogP contribution in [0.15, 0.2) is 36.5 Å². The Morgan fingerprint density at radius 3 is 2.89 bits per heavy atom. The van der Waals surface area contributed by atoms with E-state index >= 15 is 0 Å². The maximum absolute atomic E-state index is 12.6. The van der Waals surface area contributed by atoms with E-state index in [9.17, 15) is 4.79 Å². The Morgan fingerprint density at radius 2 is 2.14 bits per heavy atom. The summed E-state index contributed by atoms with van der Waals surface area (Å²) in [6.07, 6.45) is 2.32. The number of ether oxygens (including phenoxy) is 2. The monoisotopic (exact) mass is 380 g/mol. The molecule has 0 amide bonds. The van der Waals surface area contributed by atoms with Crippen LogP contribution in [0.3, 0.4) is 0 Å². The lowest BCUT2D eigenvalue weighted by molar-refractivity contribution is 0.0527. The molecule has 1 N–H and O–H groups in total. The number of hydrogen-bond acceptors (Lipinski definition) is 6. The second-order valence-electron chi connectivity index (χ2n) is 6.92. The van der Waals surface area contributed by atoms with E-state index in [2.05, 4.69) is 27.5 Å².